The lowest BCUT2D eigenvalue weighted by Gasteiger charge is -2.21. The van der Waals surface area contributed by atoms with Gasteiger partial charge in [-0.2, -0.15) is 10.2 Å². The van der Waals surface area contributed by atoms with Gasteiger partial charge >= 0.3 is 0 Å². The number of hydrogen-bond acceptors (Lipinski definition) is 6. The van der Waals surface area contributed by atoms with E-state index in [1.54, 1.807) is 9.80 Å². The summed E-state index contributed by atoms with van der Waals surface area (Å²) in [5.74, 6) is -0.597. The SMILES string of the molecule is O=C(c1ccc(=O)[nH]n1)N1CCCN(C(=O)c2ccc(=O)[nH]n2)CC1. The molecule has 25 heavy (non-hydrogen) atoms. The summed E-state index contributed by atoms with van der Waals surface area (Å²) >= 11 is 0. The Morgan fingerprint density at radius 2 is 1.20 bits per heavy atom. The molecule has 0 aromatic carbocycles. The molecular weight excluding hydrogens is 328 g/mol. The summed E-state index contributed by atoms with van der Waals surface area (Å²) < 4.78 is 0. The van der Waals surface area contributed by atoms with Crippen molar-refractivity contribution in [3.05, 3.63) is 56.4 Å². The lowest BCUT2D eigenvalue weighted by Crippen LogP contribution is -2.38. The van der Waals surface area contributed by atoms with E-state index in [9.17, 15) is 19.2 Å². The van der Waals surface area contributed by atoms with Crippen LogP contribution in [-0.4, -0.2) is 68.2 Å². The highest BCUT2D eigenvalue weighted by Gasteiger charge is 2.24. The maximum absolute atomic E-state index is 12.4. The van der Waals surface area contributed by atoms with Crippen LogP contribution in [0.25, 0.3) is 0 Å². The Kier molecular flexibility index (Phi) is 4.68. The fraction of sp³-hybridized carbons (Fsp3) is 0.333. The second kappa shape index (κ2) is 7.07. The van der Waals surface area contributed by atoms with Crippen LogP contribution in [0.3, 0.4) is 0 Å². The van der Waals surface area contributed by atoms with E-state index in [2.05, 4.69) is 20.4 Å². The van der Waals surface area contributed by atoms with E-state index in [-0.39, 0.29) is 34.3 Å². The molecule has 2 aromatic heterocycles. The van der Waals surface area contributed by atoms with Crippen molar-refractivity contribution in [2.45, 2.75) is 6.42 Å². The molecule has 1 aliphatic heterocycles. The number of carbonyl (C=O) groups is 2. The van der Waals surface area contributed by atoms with Gasteiger partial charge in [0, 0.05) is 38.3 Å². The summed E-state index contributed by atoms with van der Waals surface area (Å²) in [6.45, 7) is 1.63. The van der Waals surface area contributed by atoms with E-state index < -0.39 is 0 Å². The number of H-pyrrole nitrogens is 2. The van der Waals surface area contributed by atoms with Crippen LogP contribution in [0, 0.1) is 0 Å². The van der Waals surface area contributed by atoms with Crippen LogP contribution in [0.5, 0.6) is 0 Å². The largest absolute Gasteiger partial charge is 0.335 e. The van der Waals surface area contributed by atoms with Crippen molar-refractivity contribution >= 4 is 11.8 Å². The molecule has 0 saturated carbocycles. The summed E-state index contributed by atoms with van der Waals surface area (Å²) in [5, 5.41) is 11.9. The average molecular weight is 344 g/mol. The van der Waals surface area contributed by atoms with Gasteiger partial charge in [-0.05, 0) is 18.6 Å². The first kappa shape index (κ1) is 16.6. The first-order valence-electron chi connectivity index (χ1n) is 7.74. The van der Waals surface area contributed by atoms with Gasteiger partial charge < -0.3 is 9.80 Å². The second-order valence-electron chi connectivity index (χ2n) is 5.55. The molecule has 0 unspecified atom stereocenters. The molecule has 10 nitrogen and oxygen atoms in total. The van der Waals surface area contributed by atoms with Crippen molar-refractivity contribution in [3.8, 4) is 0 Å². The van der Waals surface area contributed by atoms with Crippen LogP contribution in [0.4, 0.5) is 0 Å². The number of aromatic nitrogens is 4. The highest BCUT2D eigenvalue weighted by atomic mass is 16.2. The topological polar surface area (TPSA) is 132 Å². The Morgan fingerprint density at radius 3 is 1.56 bits per heavy atom. The monoisotopic (exact) mass is 344 g/mol. The van der Waals surface area contributed by atoms with Crippen LogP contribution < -0.4 is 11.1 Å². The zero-order valence-electron chi connectivity index (χ0n) is 13.3. The third-order valence-electron chi connectivity index (χ3n) is 3.87. The van der Waals surface area contributed by atoms with Crippen LogP contribution in [0.15, 0.2) is 33.9 Å². The normalized spacial score (nSPS) is 14.9. The minimum absolute atomic E-state index is 0.154. The number of rotatable bonds is 2. The Balaban J connectivity index is 1.67. The number of hydrogen-bond donors (Lipinski definition) is 2. The molecule has 130 valence electrons. The third kappa shape index (κ3) is 3.79. The van der Waals surface area contributed by atoms with Crippen molar-refractivity contribution in [2.24, 2.45) is 0 Å². The van der Waals surface area contributed by atoms with Crippen molar-refractivity contribution < 1.29 is 9.59 Å². The fourth-order valence-electron chi connectivity index (χ4n) is 2.57. The number of nitrogens with zero attached hydrogens (tertiary/aromatic N) is 4. The molecular formula is C15H16N6O4. The molecule has 1 saturated heterocycles. The molecule has 2 N–H and O–H groups in total. The molecule has 1 fully saturated rings. The minimum atomic E-state index is -0.377. The second-order valence-corrected chi connectivity index (χ2v) is 5.55. The van der Waals surface area contributed by atoms with Crippen LogP contribution in [0.2, 0.25) is 0 Å². The third-order valence-corrected chi connectivity index (χ3v) is 3.87. The van der Waals surface area contributed by atoms with Gasteiger partial charge in [0.25, 0.3) is 22.9 Å². The quantitative estimate of drug-likeness (QED) is 0.706. The van der Waals surface area contributed by atoms with Gasteiger partial charge in [-0.25, -0.2) is 10.2 Å². The van der Waals surface area contributed by atoms with Crippen molar-refractivity contribution in [2.75, 3.05) is 26.2 Å². The Bertz CT molecular complexity index is 791. The van der Waals surface area contributed by atoms with Crippen LogP contribution in [-0.2, 0) is 0 Å². The number of aromatic amines is 2. The summed E-state index contributed by atoms with van der Waals surface area (Å²) in [5.41, 5.74) is -0.446. The first-order chi connectivity index (χ1) is 12.0. The van der Waals surface area contributed by atoms with Gasteiger partial charge in [0.05, 0.1) is 0 Å². The van der Waals surface area contributed by atoms with E-state index in [4.69, 9.17) is 0 Å². The van der Waals surface area contributed by atoms with Crippen LogP contribution >= 0.6 is 0 Å². The summed E-state index contributed by atoms with van der Waals surface area (Å²) in [6.07, 6.45) is 0.601. The maximum atomic E-state index is 12.4. The Labute approximate surface area is 141 Å². The minimum Gasteiger partial charge on any atom is -0.335 e. The standard InChI is InChI=1S/C15H16N6O4/c22-12-4-2-10(16-18-12)14(24)20-6-1-7-21(9-8-20)15(25)11-3-5-13(23)19-17-11/h2-5H,1,6-9H2,(H,18,22)(H,19,23). The predicted octanol–water partition coefficient (Wildman–Crippen LogP) is -1.16. The van der Waals surface area contributed by atoms with Gasteiger partial charge in [-0.3, -0.25) is 19.2 Å². The number of carbonyl (C=O) groups excluding carboxylic acids is 2. The predicted molar refractivity (Wildman–Crippen MR) is 86.1 cm³/mol. The van der Waals surface area contributed by atoms with Gasteiger partial charge in [-0.1, -0.05) is 0 Å². The van der Waals surface area contributed by atoms with Crippen molar-refractivity contribution in [1.82, 2.24) is 30.2 Å². The average Bonchev–Trinajstić information content (AvgIpc) is 2.88. The smallest absolute Gasteiger partial charge is 0.274 e. The van der Waals surface area contributed by atoms with Gasteiger partial charge in [0.2, 0.25) is 0 Å². The fourth-order valence-corrected chi connectivity index (χ4v) is 2.57. The maximum Gasteiger partial charge on any atom is 0.274 e. The molecule has 2 amide bonds. The van der Waals surface area contributed by atoms with Gasteiger partial charge in [0.15, 0.2) is 0 Å². The zero-order valence-corrected chi connectivity index (χ0v) is 13.3. The molecule has 3 heterocycles. The molecule has 0 bridgehead atoms. The number of nitrogens with one attached hydrogen (secondary N) is 2. The van der Waals surface area contributed by atoms with Gasteiger partial charge in [-0.15, -0.1) is 0 Å². The highest BCUT2D eigenvalue weighted by molar-refractivity contribution is 5.93. The van der Waals surface area contributed by atoms with E-state index in [0.29, 0.717) is 32.6 Å². The summed E-state index contributed by atoms with van der Waals surface area (Å²) in [4.78, 5) is 50.1. The Morgan fingerprint density at radius 1 is 0.760 bits per heavy atom. The molecule has 1 aliphatic rings. The summed E-state index contributed by atoms with van der Waals surface area (Å²) in [7, 11) is 0. The van der Waals surface area contributed by atoms with E-state index >= 15 is 0 Å². The molecule has 0 radical (unpaired) electrons. The van der Waals surface area contributed by atoms with E-state index in [0.717, 1.165) is 0 Å². The molecule has 2 aromatic rings. The van der Waals surface area contributed by atoms with Gasteiger partial charge in [0.1, 0.15) is 11.4 Å². The molecule has 10 heteroatoms. The lowest BCUT2D eigenvalue weighted by molar-refractivity contribution is 0.0711. The van der Waals surface area contributed by atoms with Crippen molar-refractivity contribution in [1.29, 1.82) is 0 Å². The van der Waals surface area contributed by atoms with E-state index in [1.165, 1.54) is 24.3 Å². The highest BCUT2D eigenvalue weighted by Crippen LogP contribution is 2.09. The first-order valence-corrected chi connectivity index (χ1v) is 7.74. The molecule has 3 rings (SSSR count). The van der Waals surface area contributed by atoms with Crippen LogP contribution in [0.1, 0.15) is 27.4 Å². The Hall–Kier alpha value is -3.30. The summed E-state index contributed by atoms with van der Waals surface area (Å²) in [6, 6.07) is 5.24. The zero-order chi connectivity index (χ0) is 17.8. The molecule has 0 spiro atoms. The van der Waals surface area contributed by atoms with E-state index in [1.807, 2.05) is 0 Å². The lowest BCUT2D eigenvalue weighted by atomic mass is 10.3. The molecule has 0 aliphatic carbocycles. The molecule has 0 atom stereocenters. The number of amides is 2. The van der Waals surface area contributed by atoms with Crippen molar-refractivity contribution in [3.63, 3.8) is 0 Å².